The molecule has 4 nitrogen and oxygen atoms in total. The topological polar surface area (TPSA) is 53.7 Å². The Hall–Kier alpha value is -1.85. The van der Waals surface area contributed by atoms with E-state index in [1.54, 1.807) is 17.6 Å². The van der Waals surface area contributed by atoms with Crippen LogP contribution in [0.4, 0.5) is 0 Å². The van der Waals surface area contributed by atoms with Gasteiger partial charge in [0.05, 0.1) is 12.2 Å². The Morgan fingerprint density at radius 2 is 2.35 bits per heavy atom. The molecule has 0 saturated carbocycles. The lowest BCUT2D eigenvalue weighted by Crippen LogP contribution is -2.39. The van der Waals surface area contributed by atoms with Crippen molar-refractivity contribution in [3.05, 3.63) is 52.6 Å². The summed E-state index contributed by atoms with van der Waals surface area (Å²) in [6, 6.07) is 8.02. The minimum atomic E-state index is -0.667. The zero-order valence-electron chi connectivity index (χ0n) is 13.0. The third-order valence-electron chi connectivity index (χ3n) is 4.22. The van der Waals surface area contributed by atoms with E-state index in [9.17, 15) is 9.90 Å². The van der Waals surface area contributed by atoms with E-state index in [1.807, 2.05) is 18.2 Å². The molecule has 2 aromatic rings. The molecule has 1 aliphatic rings. The molecule has 5 heteroatoms. The summed E-state index contributed by atoms with van der Waals surface area (Å²) >= 11 is 1.70. The molecule has 0 aromatic carbocycles. The van der Waals surface area contributed by atoms with E-state index in [0.29, 0.717) is 6.54 Å². The van der Waals surface area contributed by atoms with Crippen LogP contribution in [0.25, 0.3) is 5.57 Å². The number of carbonyl (C=O) groups is 1. The maximum atomic E-state index is 11.1. The summed E-state index contributed by atoms with van der Waals surface area (Å²) in [4.78, 5) is 14.6. The van der Waals surface area contributed by atoms with Crippen molar-refractivity contribution in [3.63, 3.8) is 0 Å². The van der Waals surface area contributed by atoms with Gasteiger partial charge in [-0.3, -0.25) is 4.79 Å². The summed E-state index contributed by atoms with van der Waals surface area (Å²) in [7, 11) is 0. The van der Waals surface area contributed by atoms with Crippen LogP contribution in [0.2, 0.25) is 0 Å². The first-order chi connectivity index (χ1) is 11.2. The first-order valence-electron chi connectivity index (χ1n) is 7.97. The second kappa shape index (κ2) is 7.62. The average molecular weight is 331 g/mol. The van der Waals surface area contributed by atoms with Crippen molar-refractivity contribution in [1.29, 1.82) is 0 Å². The predicted molar refractivity (Wildman–Crippen MR) is 91.5 cm³/mol. The van der Waals surface area contributed by atoms with Crippen LogP contribution in [0.15, 0.2) is 46.4 Å². The number of carboxylic acids is 1. The molecule has 3 rings (SSSR count). The molecule has 0 aliphatic carbocycles. The van der Waals surface area contributed by atoms with Gasteiger partial charge in [0.1, 0.15) is 5.76 Å². The Kier molecular flexibility index (Phi) is 5.31. The van der Waals surface area contributed by atoms with Gasteiger partial charge in [0.15, 0.2) is 0 Å². The van der Waals surface area contributed by atoms with Crippen LogP contribution in [0.3, 0.4) is 0 Å². The van der Waals surface area contributed by atoms with Crippen molar-refractivity contribution in [2.24, 2.45) is 5.92 Å². The van der Waals surface area contributed by atoms with Gasteiger partial charge in [0, 0.05) is 23.5 Å². The van der Waals surface area contributed by atoms with Crippen LogP contribution in [0, 0.1) is 5.92 Å². The number of carboxylic acid groups (broad SMARTS) is 1. The maximum absolute atomic E-state index is 11.1. The number of aliphatic carboxylic acids is 1. The van der Waals surface area contributed by atoms with Crippen molar-refractivity contribution in [2.75, 3.05) is 19.6 Å². The summed E-state index contributed by atoms with van der Waals surface area (Å²) in [5, 5.41) is 11.2. The molecule has 0 bridgehead atoms. The van der Waals surface area contributed by atoms with Gasteiger partial charge in [-0.15, -0.1) is 11.3 Å². The minimum Gasteiger partial charge on any atom is -0.481 e. The Labute approximate surface area is 140 Å². The molecule has 1 unspecified atom stereocenters. The second-order valence-corrected chi connectivity index (χ2v) is 6.79. The van der Waals surface area contributed by atoms with Crippen LogP contribution in [0.5, 0.6) is 0 Å². The van der Waals surface area contributed by atoms with E-state index in [0.717, 1.165) is 43.7 Å². The Bertz CT molecular complexity index is 610. The molecule has 1 atom stereocenters. The number of hydrogen-bond donors (Lipinski definition) is 1. The quantitative estimate of drug-likeness (QED) is 0.870. The lowest BCUT2D eigenvalue weighted by molar-refractivity contribution is -0.143. The molecular formula is C18H21NO3S. The van der Waals surface area contributed by atoms with Gasteiger partial charge in [-0.1, -0.05) is 12.1 Å². The monoisotopic (exact) mass is 331 g/mol. The van der Waals surface area contributed by atoms with Crippen molar-refractivity contribution in [1.82, 2.24) is 4.90 Å². The Balaban J connectivity index is 1.64. The SMILES string of the molecule is O=C(O)C1CCCN(CCC=C(c2ccco2)c2cccs2)C1. The van der Waals surface area contributed by atoms with E-state index in [1.165, 1.54) is 4.88 Å². The van der Waals surface area contributed by atoms with E-state index in [4.69, 9.17) is 4.42 Å². The smallest absolute Gasteiger partial charge is 0.307 e. The number of thiophene rings is 1. The van der Waals surface area contributed by atoms with E-state index >= 15 is 0 Å². The molecule has 23 heavy (non-hydrogen) atoms. The third kappa shape index (κ3) is 4.12. The largest absolute Gasteiger partial charge is 0.481 e. The maximum Gasteiger partial charge on any atom is 0.307 e. The fourth-order valence-electron chi connectivity index (χ4n) is 3.04. The van der Waals surface area contributed by atoms with Gasteiger partial charge in [-0.2, -0.15) is 0 Å². The second-order valence-electron chi connectivity index (χ2n) is 5.84. The Morgan fingerprint density at radius 3 is 3.04 bits per heavy atom. The normalized spacial score (nSPS) is 19.8. The predicted octanol–water partition coefficient (Wildman–Crippen LogP) is 3.96. The third-order valence-corrected chi connectivity index (χ3v) is 5.12. The van der Waals surface area contributed by atoms with Gasteiger partial charge in [-0.25, -0.2) is 0 Å². The van der Waals surface area contributed by atoms with Gasteiger partial charge in [0.2, 0.25) is 0 Å². The van der Waals surface area contributed by atoms with Crippen LogP contribution >= 0.6 is 11.3 Å². The molecule has 1 N–H and O–H groups in total. The lowest BCUT2D eigenvalue weighted by Gasteiger charge is -2.30. The van der Waals surface area contributed by atoms with Crippen molar-refractivity contribution in [3.8, 4) is 0 Å². The van der Waals surface area contributed by atoms with Crippen LogP contribution in [-0.2, 0) is 4.79 Å². The van der Waals surface area contributed by atoms with Crippen LogP contribution in [0.1, 0.15) is 29.9 Å². The molecule has 3 heterocycles. The van der Waals surface area contributed by atoms with Crippen molar-refractivity contribution >= 4 is 22.9 Å². The molecule has 122 valence electrons. The summed E-state index contributed by atoms with van der Waals surface area (Å²) < 4.78 is 5.56. The highest BCUT2D eigenvalue weighted by Crippen LogP contribution is 2.28. The molecule has 2 aromatic heterocycles. The highest BCUT2D eigenvalue weighted by atomic mass is 32.1. The number of furan rings is 1. The van der Waals surface area contributed by atoms with Crippen molar-refractivity contribution in [2.45, 2.75) is 19.3 Å². The average Bonchev–Trinajstić information content (AvgIpc) is 3.25. The molecule has 0 radical (unpaired) electrons. The summed E-state index contributed by atoms with van der Waals surface area (Å²) in [6.07, 6.45) is 6.55. The fraction of sp³-hybridized carbons (Fsp3) is 0.389. The zero-order chi connectivity index (χ0) is 16.1. The van der Waals surface area contributed by atoms with E-state index < -0.39 is 5.97 Å². The number of hydrogen-bond acceptors (Lipinski definition) is 4. The number of nitrogens with zero attached hydrogens (tertiary/aromatic N) is 1. The molecular weight excluding hydrogens is 310 g/mol. The van der Waals surface area contributed by atoms with E-state index in [-0.39, 0.29) is 5.92 Å². The van der Waals surface area contributed by atoms with Gasteiger partial charge in [0.25, 0.3) is 0 Å². The van der Waals surface area contributed by atoms with Gasteiger partial charge < -0.3 is 14.4 Å². The standard InChI is InChI=1S/C18H21NO3S/c20-18(21)14-5-1-9-19(13-14)10-2-6-15(16-7-3-11-22-16)17-8-4-12-23-17/h3-4,6-8,11-12,14H,1-2,5,9-10,13H2,(H,20,21). The van der Waals surface area contributed by atoms with E-state index in [2.05, 4.69) is 22.4 Å². The minimum absolute atomic E-state index is 0.213. The molecule has 0 spiro atoms. The van der Waals surface area contributed by atoms with Crippen LogP contribution in [-0.4, -0.2) is 35.6 Å². The molecule has 1 fully saturated rings. The first kappa shape index (κ1) is 16.0. The molecule has 1 saturated heterocycles. The summed E-state index contributed by atoms with van der Waals surface area (Å²) in [5.41, 5.74) is 1.12. The molecule has 1 aliphatic heterocycles. The highest BCUT2D eigenvalue weighted by molar-refractivity contribution is 7.11. The van der Waals surface area contributed by atoms with Gasteiger partial charge >= 0.3 is 5.97 Å². The zero-order valence-corrected chi connectivity index (χ0v) is 13.8. The van der Waals surface area contributed by atoms with Crippen molar-refractivity contribution < 1.29 is 14.3 Å². The number of likely N-dealkylation sites (tertiary alicyclic amines) is 1. The van der Waals surface area contributed by atoms with Crippen LogP contribution < -0.4 is 0 Å². The summed E-state index contributed by atoms with van der Waals surface area (Å²) in [5.74, 6) is 0.00387. The highest BCUT2D eigenvalue weighted by Gasteiger charge is 2.24. The molecule has 0 amide bonds. The number of rotatable bonds is 6. The number of piperidine rings is 1. The fourth-order valence-corrected chi connectivity index (χ4v) is 3.81. The lowest BCUT2D eigenvalue weighted by atomic mass is 9.98. The summed E-state index contributed by atoms with van der Waals surface area (Å²) in [6.45, 7) is 2.55. The first-order valence-corrected chi connectivity index (χ1v) is 8.85. The van der Waals surface area contributed by atoms with Gasteiger partial charge in [-0.05, 0) is 49.4 Å². The Morgan fingerprint density at radius 1 is 1.43 bits per heavy atom.